The Bertz CT molecular complexity index is 747. The molecule has 1 aromatic rings. The van der Waals surface area contributed by atoms with Crippen molar-refractivity contribution in [1.29, 1.82) is 0 Å². The number of carbonyl (C=O) groups excluding carboxylic acids is 1. The summed E-state index contributed by atoms with van der Waals surface area (Å²) in [4.78, 5) is 12.0. The maximum absolute atomic E-state index is 13.9. The number of amides is 1. The van der Waals surface area contributed by atoms with E-state index in [2.05, 4.69) is 10.0 Å². The number of hydrogen-bond acceptors (Lipinski definition) is 4. The first-order chi connectivity index (χ1) is 11.3. The largest absolute Gasteiger partial charge is 0.324 e. The van der Waals surface area contributed by atoms with Crippen LogP contribution in [0.3, 0.4) is 0 Å². The minimum absolute atomic E-state index is 0. The molecule has 140 valence electrons. The van der Waals surface area contributed by atoms with Gasteiger partial charge in [-0.15, -0.1) is 12.4 Å². The van der Waals surface area contributed by atoms with Crippen molar-refractivity contribution < 1.29 is 17.6 Å². The summed E-state index contributed by atoms with van der Waals surface area (Å²) in [5.41, 5.74) is 5.44. The van der Waals surface area contributed by atoms with Gasteiger partial charge in [0.1, 0.15) is 10.7 Å². The van der Waals surface area contributed by atoms with Crippen LogP contribution in [0, 0.1) is 5.82 Å². The van der Waals surface area contributed by atoms with Crippen LogP contribution in [0.25, 0.3) is 0 Å². The topological polar surface area (TPSA) is 101 Å². The SMILES string of the molecule is Cl.NC1(C(=O)Nc2ccc(F)c(S(=O)(=O)NC3CC3)c2)CCCCC1. The highest BCUT2D eigenvalue weighted by Crippen LogP contribution is 2.28. The summed E-state index contributed by atoms with van der Waals surface area (Å²) >= 11 is 0. The third kappa shape index (κ3) is 4.69. The fourth-order valence-electron chi connectivity index (χ4n) is 2.94. The van der Waals surface area contributed by atoms with Gasteiger partial charge in [0.2, 0.25) is 15.9 Å². The Balaban J connectivity index is 0.00000225. The molecule has 2 aliphatic carbocycles. The molecule has 0 heterocycles. The van der Waals surface area contributed by atoms with Gasteiger partial charge in [-0.25, -0.2) is 17.5 Å². The average molecular weight is 392 g/mol. The smallest absolute Gasteiger partial charge is 0.244 e. The van der Waals surface area contributed by atoms with Crippen LogP contribution in [0.2, 0.25) is 0 Å². The summed E-state index contributed by atoms with van der Waals surface area (Å²) in [5, 5.41) is 2.64. The van der Waals surface area contributed by atoms with Crippen LogP contribution in [0.1, 0.15) is 44.9 Å². The molecule has 0 aliphatic heterocycles. The number of benzene rings is 1. The third-order valence-electron chi connectivity index (χ3n) is 4.58. The van der Waals surface area contributed by atoms with Gasteiger partial charge in [-0.2, -0.15) is 0 Å². The number of anilines is 1. The number of hydrogen-bond donors (Lipinski definition) is 3. The summed E-state index contributed by atoms with van der Waals surface area (Å²) in [6, 6.07) is 3.41. The van der Waals surface area contributed by atoms with Crippen molar-refractivity contribution in [3.63, 3.8) is 0 Å². The van der Waals surface area contributed by atoms with Crippen LogP contribution in [0.4, 0.5) is 10.1 Å². The van der Waals surface area contributed by atoms with Crippen molar-refractivity contribution in [3.05, 3.63) is 24.0 Å². The fraction of sp³-hybridized carbons (Fsp3) is 0.562. The fourth-order valence-corrected chi connectivity index (χ4v) is 4.34. The molecule has 2 aliphatic rings. The molecular formula is C16H23ClFN3O3S. The first kappa shape index (κ1) is 20.1. The van der Waals surface area contributed by atoms with Crippen molar-refractivity contribution in [1.82, 2.24) is 4.72 Å². The van der Waals surface area contributed by atoms with Gasteiger partial charge in [-0.1, -0.05) is 19.3 Å². The summed E-state index contributed by atoms with van der Waals surface area (Å²) in [5.74, 6) is -1.20. The van der Waals surface area contributed by atoms with Gasteiger partial charge < -0.3 is 11.1 Å². The lowest BCUT2D eigenvalue weighted by molar-refractivity contribution is -0.122. The molecule has 0 spiro atoms. The Morgan fingerprint density at radius 1 is 1.20 bits per heavy atom. The van der Waals surface area contributed by atoms with Crippen LogP contribution >= 0.6 is 12.4 Å². The first-order valence-corrected chi connectivity index (χ1v) is 9.71. The zero-order chi connectivity index (χ0) is 17.4. The van der Waals surface area contributed by atoms with E-state index in [1.165, 1.54) is 6.07 Å². The lowest BCUT2D eigenvalue weighted by Crippen LogP contribution is -2.52. The predicted molar refractivity (Wildman–Crippen MR) is 95.6 cm³/mol. The molecule has 6 nitrogen and oxygen atoms in total. The predicted octanol–water partition coefficient (Wildman–Crippen LogP) is 2.29. The average Bonchev–Trinajstić information content (AvgIpc) is 3.33. The molecule has 4 N–H and O–H groups in total. The van der Waals surface area contributed by atoms with Crippen LogP contribution in [-0.2, 0) is 14.8 Å². The van der Waals surface area contributed by atoms with E-state index in [4.69, 9.17) is 5.73 Å². The molecule has 0 radical (unpaired) electrons. The summed E-state index contributed by atoms with van der Waals surface area (Å²) < 4.78 is 40.8. The molecule has 1 aromatic carbocycles. The molecule has 3 rings (SSSR count). The number of carbonyl (C=O) groups is 1. The lowest BCUT2D eigenvalue weighted by atomic mass is 9.82. The third-order valence-corrected chi connectivity index (χ3v) is 6.11. The Hall–Kier alpha value is -1.22. The second kappa shape index (κ2) is 7.57. The standard InChI is InChI=1S/C16H22FN3O3S.ClH/c17-13-7-6-12(10-14(13)24(22,23)20-11-4-5-11)19-15(21)16(18)8-2-1-3-9-16;/h6-7,10-11,20H,1-5,8-9,18H2,(H,19,21);1H. The highest BCUT2D eigenvalue weighted by atomic mass is 35.5. The zero-order valence-electron chi connectivity index (χ0n) is 13.8. The lowest BCUT2D eigenvalue weighted by Gasteiger charge is -2.31. The molecular weight excluding hydrogens is 369 g/mol. The minimum Gasteiger partial charge on any atom is -0.324 e. The number of nitrogens with two attached hydrogens (primary N) is 1. The number of halogens is 2. The summed E-state index contributed by atoms with van der Waals surface area (Å²) in [6.45, 7) is 0. The van der Waals surface area contributed by atoms with Crippen molar-refractivity contribution in [2.45, 2.75) is 61.4 Å². The van der Waals surface area contributed by atoms with Gasteiger partial charge in [0.15, 0.2) is 0 Å². The highest BCUT2D eigenvalue weighted by molar-refractivity contribution is 7.89. The van der Waals surface area contributed by atoms with E-state index in [0.717, 1.165) is 44.2 Å². The van der Waals surface area contributed by atoms with Crippen molar-refractivity contribution >= 4 is 34.0 Å². The number of sulfonamides is 1. The van der Waals surface area contributed by atoms with E-state index in [-0.39, 0.29) is 30.0 Å². The second-order valence-corrected chi connectivity index (χ2v) is 8.39. The van der Waals surface area contributed by atoms with Gasteiger partial charge >= 0.3 is 0 Å². The molecule has 0 bridgehead atoms. The molecule has 0 saturated heterocycles. The van der Waals surface area contributed by atoms with Crippen LogP contribution in [0.5, 0.6) is 0 Å². The maximum atomic E-state index is 13.9. The molecule has 25 heavy (non-hydrogen) atoms. The Morgan fingerprint density at radius 2 is 1.84 bits per heavy atom. The van der Waals surface area contributed by atoms with E-state index in [0.29, 0.717) is 12.8 Å². The monoisotopic (exact) mass is 391 g/mol. The first-order valence-electron chi connectivity index (χ1n) is 8.22. The van der Waals surface area contributed by atoms with Crippen LogP contribution < -0.4 is 15.8 Å². The van der Waals surface area contributed by atoms with Crippen LogP contribution in [-0.4, -0.2) is 25.9 Å². The second-order valence-electron chi connectivity index (χ2n) is 6.71. The Labute approximate surface area is 153 Å². The van der Waals surface area contributed by atoms with Crippen LogP contribution in [0.15, 0.2) is 23.1 Å². The van der Waals surface area contributed by atoms with Gasteiger partial charge in [0.05, 0.1) is 5.54 Å². The summed E-state index contributed by atoms with van der Waals surface area (Å²) in [6.07, 6.45) is 5.53. The quantitative estimate of drug-likeness (QED) is 0.716. The molecule has 9 heteroatoms. The Kier molecular flexibility index (Phi) is 6.09. The molecule has 0 unspecified atom stereocenters. The molecule has 1 amide bonds. The highest BCUT2D eigenvalue weighted by Gasteiger charge is 2.35. The number of nitrogens with one attached hydrogen (secondary N) is 2. The maximum Gasteiger partial charge on any atom is 0.244 e. The molecule has 0 atom stereocenters. The Morgan fingerprint density at radius 3 is 2.44 bits per heavy atom. The van der Waals surface area contributed by atoms with Gasteiger partial charge in [0, 0.05) is 11.7 Å². The summed E-state index contributed by atoms with van der Waals surface area (Å²) in [7, 11) is -3.93. The normalized spacial score (nSPS) is 19.8. The van der Waals surface area contributed by atoms with Crippen molar-refractivity contribution in [3.8, 4) is 0 Å². The zero-order valence-corrected chi connectivity index (χ0v) is 15.4. The minimum atomic E-state index is -3.93. The van der Waals surface area contributed by atoms with Crippen molar-refractivity contribution in [2.75, 3.05) is 5.32 Å². The van der Waals surface area contributed by atoms with Gasteiger partial charge in [-0.3, -0.25) is 4.79 Å². The van der Waals surface area contributed by atoms with Gasteiger partial charge in [-0.05, 0) is 43.9 Å². The van der Waals surface area contributed by atoms with E-state index >= 15 is 0 Å². The van der Waals surface area contributed by atoms with E-state index in [9.17, 15) is 17.6 Å². The molecule has 0 aromatic heterocycles. The van der Waals surface area contributed by atoms with Gasteiger partial charge in [0.25, 0.3) is 0 Å². The van der Waals surface area contributed by atoms with E-state index in [1.54, 1.807) is 0 Å². The van der Waals surface area contributed by atoms with Crippen molar-refractivity contribution in [2.24, 2.45) is 5.73 Å². The van der Waals surface area contributed by atoms with E-state index in [1.807, 2.05) is 0 Å². The van der Waals surface area contributed by atoms with E-state index < -0.39 is 26.3 Å². The number of rotatable bonds is 5. The molecule has 2 saturated carbocycles. The molecule has 2 fully saturated rings.